The van der Waals surface area contributed by atoms with E-state index in [-0.39, 0.29) is 40.6 Å². The minimum Gasteiger partial charge on any atom is -0.508 e. The maximum Gasteiger partial charge on any atom is 0.319 e. The number of nitrogens with zero attached hydrogens (tertiary/aromatic N) is 5. The van der Waals surface area contributed by atoms with Crippen LogP contribution >= 0.6 is 0 Å². The van der Waals surface area contributed by atoms with Gasteiger partial charge in [0.1, 0.15) is 41.4 Å². The van der Waals surface area contributed by atoms with Crippen LogP contribution in [0.15, 0.2) is 30.5 Å². The van der Waals surface area contributed by atoms with Crippen molar-refractivity contribution in [2.75, 3.05) is 37.7 Å². The number of aliphatic hydroxyl groups is 1. The summed E-state index contributed by atoms with van der Waals surface area (Å²) in [5.74, 6) is -0.721. The molecule has 3 aliphatic heterocycles. The second-order valence-electron chi connectivity index (χ2n) is 14.7. The third-order valence-electron chi connectivity index (χ3n) is 11.1. The maximum atomic E-state index is 16.9. The van der Waals surface area contributed by atoms with E-state index in [2.05, 4.69) is 19.8 Å². The molecule has 4 aliphatic rings. The molecule has 11 heteroatoms. The van der Waals surface area contributed by atoms with E-state index in [0.29, 0.717) is 72.9 Å². The summed E-state index contributed by atoms with van der Waals surface area (Å²) in [6.45, 7) is 6.42. The molecule has 2 atom stereocenters. The average Bonchev–Trinajstić information content (AvgIpc) is 3.54. The fourth-order valence-corrected chi connectivity index (χ4v) is 9.44. The average molecular weight is 648 g/mol. The number of aromatic hydroxyl groups is 1. The Kier molecular flexibility index (Phi) is 7.11. The molecule has 0 radical (unpaired) electrons. The van der Waals surface area contributed by atoms with E-state index in [1.165, 1.54) is 18.2 Å². The number of phenols is 1. The summed E-state index contributed by atoms with van der Waals surface area (Å²) >= 11 is 0. The lowest BCUT2D eigenvalue weighted by Crippen LogP contribution is -2.57. The number of fused-ring (bicyclic) bond motifs is 3. The summed E-state index contributed by atoms with van der Waals surface area (Å²) in [4.78, 5) is 18.3. The SMILES string of the molecule is CCc1c(F)ccc2cc(O)cc(-c3ncc4c(N5CCCC6(C5)CC(C)(O)C6)nc(OC[C@@]56CCCN5C[C@H](F)C6)nc4c3F)c12. The molecule has 1 aliphatic carbocycles. The highest BCUT2D eigenvalue weighted by molar-refractivity contribution is 6.01. The molecular formula is C36H40F3N5O3. The number of piperidine rings is 1. The molecule has 4 fully saturated rings. The van der Waals surface area contributed by atoms with Crippen LogP contribution in [0.3, 0.4) is 0 Å². The molecule has 0 unspecified atom stereocenters. The summed E-state index contributed by atoms with van der Waals surface area (Å²) in [5.41, 5.74) is -0.565. The summed E-state index contributed by atoms with van der Waals surface area (Å²) in [6.07, 6.45) is 6.40. The van der Waals surface area contributed by atoms with Crippen LogP contribution in [0.25, 0.3) is 32.9 Å². The zero-order chi connectivity index (χ0) is 32.7. The molecule has 2 aromatic heterocycles. The zero-order valence-corrected chi connectivity index (χ0v) is 26.8. The Morgan fingerprint density at radius 3 is 2.68 bits per heavy atom. The van der Waals surface area contributed by atoms with Gasteiger partial charge in [0.05, 0.1) is 16.5 Å². The van der Waals surface area contributed by atoms with Crippen LogP contribution < -0.4 is 9.64 Å². The topological polar surface area (TPSA) is 94.8 Å². The monoisotopic (exact) mass is 647 g/mol. The molecule has 3 saturated heterocycles. The molecule has 4 aromatic rings. The van der Waals surface area contributed by atoms with Crippen molar-refractivity contribution in [1.82, 2.24) is 19.9 Å². The first-order valence-electron chi connectivity index (χ1n) is 16.8. The molecular weight excluding hydrogens is 607 g/mol. The Morgan fingerprint density at radius 2 is 1.89 bits per heavy atom. The number of aryl methyl sites for hydroxylation is 1. The largest absolute Gasteiger partial charge is 0.508 e. The molecule has 8 rings (SSSR count). The summed E-state index contributed by atoms with van der Waals surface area (Å²) in [7, 11) is 0. The molecule has 47 heavy (non-hydrogen) atoms. The van der Waals surface area contributed by atoms with E-state index in [9.17, 15) is 19.0 Å². The Balaban J connectivity index is 1.26. The first-order valence-corrected chi connectivity index (χ1v) is 16.8. The van der Waals surface area contributed by atoms with Crippen LogP contribution in [0.5, 0.6) is 11.8 Å². The van der Waals surface area contributed by atoms with Gasteiger partial charge in [-0.1, -0.05) is 13.0 Å². The number of hydrogen-bond acceptors (Lipinski definition) is 8. The second kappa shape index (κ2) is 10.9. The predicted molar refractivity (Wildman–Crippen MR) is 174 cm³/mol. The third kappa shape index (κ3) is 5.08. The molecule has 1 spiro atoms. The van der Waals surface area contributed by atoms with Gasteiger partial charge in [-0.3, -0.25) is 9.88 Å². The van der Waals surface area contributed by atoms with Gasteiger partial charge in [0.2, 0.25) is 0 Å². The highest BCUT2D eigenvalue weighted by atomic mass is 19.1. The van der Waals surface area contributed by atoms with Crippen LogP contribution in [-0.4, -0.2) is 80.2 Å². The molecule has 248 valence electrons. The van der Waals surface area contributed by atoms with Gasteiger partial charge in [0.15, 0.2) is 5.82 Å². The number of aromatic nitrogens is 3. The van der Waals surface area contributed by atoms with Crippen molar-refractivity contribution in [2.45, 2.75) is 82.5 Å². The van der Waals surface area contributed by atoms with Crippen LogP contribution in [0.2, 0.25) is 0 Å². The first-order chi connectivity index (χ1) is 22.5. The van der Waals surface area contributed by atoms with E-state index in [0.717, 1.165) is 32.2 Å². The Hall–Kier alpha value is -3.70. The van der Waals surface area contributed by atoms with Crippen LogP contribution in [-0.2, 0) is 6.42 Å². The predicted octanol–water partition coefficient (Wildman–Crippen LogP) is 6.48. The lowest BCUT2D eigenvalue weighted by molar-refractivity contribution is -0.119. The van der Waals surface area contributed by atoms with Crippen LogP contribution in [0.1, 0.15) is 64.4 Å². The quantitative estimate of drug-likeness (QED) is 0.246. The molecule has 0 bridgehead atoms. The third-order valence-corrected chi connectivity index (χ3v) is 11.1. The van der Waals surface area contributed by atoms with Gasteiger partial charge in [-0.05, 0) is 98.4 Å². The Morgan fingerprint density at radius 1 is 1.09 bits per heavy atom. The van der Waals surface area contributed by atoms with E-state index in [4.69, 9.17) is 9.72 Å². The zero-order valence-electron chi connectivity index (χ0n) is 26.8. The van der Waals surface area contributed by atoms with Gasteiger partial charge in [0, 0.05) is 37.8 Å². The van der Waals surface area contributed by atoms with Crippen molar-refractivity contribution < 1.29 is 28.1 Å². The number of phenolic OH excluding ortho intramolecular Hbond substituents is 1. The molecule has 0 amide bonds. The molecule has 2 N–H and O–H groups in total. The highest BCUT2D eigenvalue weighted by Gasteiger charge is 2.53. The summed E-state index contributed by atoms with van der Waals surface area (Å²) < 4.78 is 52.7. The van der Waals surface area contributed by atoms with E-state index >= 15 is 4.39 Å². The van der Waals surface area contributed by atoms with E-state index < -0.39 is 28.9 Å². The highest BCUT2D eigenvalue weighted by Crippen LogP contribution is 2.54. The first kappa shape index (κ1) is 30.6. The van der Waals surface area contributed by atoms with Crippen LogP contribution in [0, 0.1) is 17.0 Å². The van der Waals surface area contributed by atoms with Crippen molar-refractivity contribution in [3.8, 4) is 23.0 Å². The number of benzene rings is 2. The smallest absolute Gasteiger partial charge is 0.319 e. The van der Waals surface area contributed by atoms with E-state index in [1.54, 1.807) is 12.3 Å². The fraction of sp³-hybridized carbons (Fsp3) is 0.528. The number of rotatable bonds is 6. The normalized spacial score (nSPS) is 29.1. The lowest BCUT2D eigenvalue weighted by atomic mass is 9.56. The van der Waals surface area contributed by atoms with Gasteiger partial charge in [0.25, 0.3) is 0 Å². The minimum atomic E-state index is -0.919. The second-order valence-corrected chi connectivity index (χ2v) is 14.7. The fourth-order valence-electron chi connectivity index (χ4n) is 9.44. The number of pyridine rings is 1. The number of anilines is 1. The number of ether oxygens (including phenoxy) is 1. The molecule has 5 heterocycles. The van der Waals surface area contributed by atoms with Crippen molar-refractivity contribution in [3.63, 3.8) is 0 Å². The molecule has 1 saturated carbocycles. The van der Waals surface area contributed by atoms with Gasteiger partial charge in [-0.15, -0.1) is 0 Å². The van der Waals surface area contributed by atoms with E-state index in [1.807, 2.05) is 13.8 Å². The van der Waals surface area contributed by atoms with Crippen LogP contribution in [0.4, 0.5) is 19.0 Å². The van der Waals surface area contributed by atoms with Gasteiger partial charge < -0.3 is 19.8 Å². The van der Waals surface area contributed by atoms with Gasteiger partial charge >= 0.3 is 6.01 Å². The van der Waals surface area contributed by atoms with Gasteiger partial charge in [-0.25, -0.2) is 13.2 Å². The molecule has 8 nitrogen and oxygen atoms in total. The van der Waals surface area contributed by atoms with Crippen molar-refractivity contribution in [1.29, 1.82) is 0 Å². The number of hydrogen-bond donors (Lipinski definition) is 2. The number of halogens is 3. The Bertz CT molecular complexity index is 1900. The van der Waals surface area contributed by atoms with Crippen molar-refractivity contribution >= 4 is 27.5 Å². The van der Waals surface area contributed by atoms with Crippen molar-refractivity contribution in [3.05, 3.63) is 47.7 Å². The lowest BCUT2D eigenvalue weighted by Gasteiger charge is -2.56. The maximum absolute atomic E-state index is 16.9. The summed E-state index contributed by atoms with van der Waals surface area (Å²) in [6, 6.07) is 5.87. The minimum absolute atomic E-state index is 0.00775. The van der Waals surface area contributed by atoms with Crippen molar-refractivity contribution in [2.24, 2.45) is 5.41 Å². The summed E-state index contributed by atoms with van der Waals surface area (Å²) in [5, 5.41) is 22.7. The number of alkyl halides is 1. The van der Waals surface area contributed by atoms with Gasteiger partial charge in [-0.2, -0.15) is 9.97 Å². The Labute approximate surface area is 271 Å². The standard InChI is InChI=1S/C36H40F3N5O3/c1-3-24-27(38)7-6-21-12-23(45)13-25(28(21)24)30-29(39)31-26(15-40-30)32(43-10-4-8-35(19-43)17-34(2,46)18-35)42-33(41-31)47-20-36-9-5-11-44(36)16-22(37)14-36/h6-7,12-13,15,22,45-46H,3-5,8-11,14,16-20H2,1-2H3/t22-,34?,35?,36+/m1/s1. The molecule has 2 aromatic carbocycles.